The van der Waals surface area contributed by atoms with Crippen molar-refractivity contribution in [3.8, 4) is 0 Å². The van der Waals surface area contributed by atoms with Crippen molar-refractivity contribution >= 4 is 35.2 Å². The minimum atomic E-state index is -0.378. The number of rotatable bonds is 3. The predicted molar refractivity (Wildman–Crippen MR) is 82.0 cm³/mol. The van der Waals surface area contributed by atoms with E-state index in [1.807, 2.05) is 6.92 Å². The number of carbonyl (C=O) groups excluding carboxylic acids is 2. The van der Waals surface area contributed by atoms with E-state index in [0.29, 0.717) is 28.8 Å². The molecular weight excluding hydrogens is 296 g/mol. The Hall–Kier alpha value is -1.20. The van der Waals surface area contributed by atoms with Gasteiger partial charge in [-0.2, -0.15) is 0 Å². The van der Waals surface area contributed by atoms with E-state index in [1.165, 1.54) is 0 Å². The molecule has 2 amide bonds. The Bertz CT molecular complexity index is 524. The first kappa shape index (κ1) is 15.2. The van der Waals surface area contributed by atoms with Crippen molar-refractivity contribution in [1.29, 1.82) is 0 Å². The third-order valence-corrected chi connectivity index (χ3v) is 4.60. The lowest BCUT2D eigenvalue weighted by molar-refractivity contribution is -0.133. The average Bonchev–Trinajstić information content (AvgIpc) is 2.94. The Kier molecular flexibility index (Phi) is 4.94. The SMILES string of the molecule is CCN(C)C(=O)[C@H]1CSCN1C(=O)c1cccc(Cl)c1. The van der Waals surface area contributed by atoms with E-state index in [1.54, 1.807) is 52.9 Å². The maximum atomic E-state index is 12.5. The summed E-state index contributed by atoms with van der Waals surface area (Å²) in [5.41, 5.74) is 0.525. The molecule has 2 rings (SSSR count). The van der Waals surface area contributed by atoms with E-state index in [2.05, 4.69) is 0 Å². The number of amides is 2. The van der Waals surface area contributed by atoms with Crippen LogP contribution in [0.1, 0.15) is 17.3 Å². The molecule has 0 radical (unpaired) electrons. The largest absolute Gasteiger partial charge is 0.344 e. The van der Waals surface area contributed by atoms with Gasteiger partial charge in [-0.25, -0.2) is 0 Å². The molecule has 1 saturated heterocycles. The van der Waals surface area contributed by atoms with Crippen LogP contribution in [-0.4, -0.2) is 52.9 Å². The molecule has 6 heteroatoms. The van der Waals surface area contributed by atoms with Crippen LogP contribution in [0, 0.1) is 0 Å². The topological polar surface area (TPSA) is 40.6 Å². The molecule has 0 N–H and O–H groups in total. The molecular formula is C14H17ClN2O2S. The zero-order valence-corrected chi connectivity index (χ0v) is 13.1. The maximum Gasteiger partial charge on any atom is 0.255 e. The summed E-state index contributed by atoms with van der Waals surface area (Å²) in [6.07, 6.45) is 0. The second-order valence-electron chi connectivity index (χ2n) is 4.65. The summed E-state index contributed by atoms with van der Waals surface area (Å²) in [4.78, 5) is 28.1. The highest BCUT2D eigenvalue weighted by Crippen LogP contribution is 2.25. The van der Waals surface area contributed by atoms with Gasteiger partial charge in [0.15, 0.2) is 0 Å². The number of halogens is 1. The Morgan fingerprint density at radius 3 is 2.90 bits per heavy atom. The third-order valence-electron chi connectivity index (χ3n) is 3.35. The summed E-state index contributed by atoms with van der Waals surface area (Å²) in [7, 11) is 1.76. The molecule has 0 bridgehead atoms. The van der Waals surface area contributed by atoms with Crippen LogP contribution in [0.5, 0.6) is 0 Å². The van der Waals surface area contributed by atoms with Crippen LogP contribution in [0.2, 0.25) is 5.02 Å². The first-order valence-electron chi connectivity index (χ1n) is 6.44. The summed E-state index contributed by atoms with van der Waals surface area (Å²) in [5, 5.41) is 0.524. The fourth-order valence-corrected chi connectivity index (χ4v) is 3.38. The Morgan fingerprint density at radius 2 is 2.25 bits per heavy atom. The number of hydrogen-bond donors (Lipinski definition) is 0. The minimum absolute atomic E-state index is 0.00659. The fraction of sp³-hybridized carbons (Fsp3) is 0.429. The van der Waals surface area contributed by atoms with Gasteiger partial charge in [-0.05, 0) is 25.1 Å². The van der Waals surface area contributed by atoms with Crippen molar-refractivity contribution in [3.05, 3.63) is 34.9 Å². The van der Waals surface area contributed by atoms with Crippen molar-refractivity contribution in [2.75, 3.05) is 25.2 Å². The Balaban J connectivity index is 2.18. The lowest BCUT2D eigenvalue weighted by Crippen LogP contribution is -2.47. The summed E-state index contributed by atoms with van der Waals surface area (Å²) in [5.74, 6) is 1.04. The van der Waals surface area contributed by atoms with Gasteiger partial charge in [0.25, 0.3) is 5.91 Å². The van der Waals surface area contributed by atoms with Crippen LogP contribution in [-0.2, 0) is 4.79 Å². The molecule has 0 spiro atoms. The van der Waals surface area contributed by atoms with Gasteiger partial charge in [0.05, 0.1) is 5.88 Å². The zero-order chi connectivity index (χ0) is 14.7. The molecule has 1 atom stereocenters. The van der Waals surface area contributed by atoms with Crippen LogP contribution < -0.4 is 0 Å². The number of carbonyl (C=O) groups is 2. The molecule has 1 fully saturated rings. The quantitative estimate of drug-likeness (QED) is 0.860. The molecule has 20 heavy (non-hydrogen) atoms. The number of hydrogen-bond acceptors (Lipinski definition) is 3. The number of nitrogens with zero attached hydrogens (tertiary/aromatic N) is 2. The van der Waals surface area contributed by atoms with E-state index in [-0.39, 0.29) is 17.9 Å². The van der Waals surface area contributed by atoms with Gasteiger partial charge >= 0.3 is 0 Å². The monoisotopic (exact) mass is 312 g/mol. The van der Waals surface area contributed by atoms with Gasteiger partial charge in [-0.1, -0.05) is 17.7 Å². The Labute approximate surface area is 128 Å². The number of likely N-dealkylation sites (N-methyl/N-ethyl adjacent to an activating group) is 1. The third kappa shape index (κ3) is 3.10. The molecule has 0 aromatic heterocycles. The van der Waals surface area contributed by atoms with Crippen molar-refractivity contribution in [1.82, 2.24) is 9.80 Å². The van der Waals surface area contributed by atoms with Crippen LogP contribution >= 0.6 is 23.4 Å². The van der Waals surface area contributed by atoms with Crippen molar-refractivity contribution < 1.29 is 9.59 Å². The second-order valence-corrected chi connectivity index (χ2v) is 6.09. The van der Waals surface area contributed by atoms with E-state index >= 15 is 0 Å². The van der Waals surface area contributed by atoms with E-state index in [0.717, 1.165) is 0 Å². The van der Waals surface area contributed by atoms with Crippen molar-refractivity contribution in [2.24, 2.45) is 0 Å². The predicted octanol–water partition coefficient (Wildman–Crippen LogP) is 2.33. The standard InChI is InChI=1S/C14H17ClN2O2S/c1-3-16(2)14(19)12-8-20-9-17(12)13(18)10-5-4-6-11(15)7-10/h4-7,12H,3,8-9H2,1-2H3/t12-/m1/s1. The number of benzene rings is 1. The van der Waals surface area contributed by atoms with E-state index < -0.39 is 0 Å². The molecule has 108 valence electrons. The van der Waals surface area contributed by atoms with Crippen LogP contribution in [0.3, 0.4) is 0 Å². The van der Waals surface area contributed by atoms with E-state index in [9.17, 15) is 9.59 Å². The van der Waals surface area contributed by atoms with Gasteiger partial charge in [-0.3, -0.25) is 9.59 Å². The molecule has 0 aliphatic carbocycles. The second kappa shape index (κ2) is 6.50. The molecule has 1 aliphatic rings. The smallest absolute Gasteiger partial charge is 0.255 e. The van der Waals surface area contributed by atoms with E-state index in [4.69, 9.17) is 11.6 Å². The first-order valence-corrected chi connectivity index (χ1v) is 7.97. The highest BCUT2D eigenvalue weighted by atomic mass is 35.5. The first-order chi connectivity index (χ1) is 9.54. The molecule has 1 heterocycles. The summed E-state index contributed by atoms with van der Waals surface area (Å²) < 4.78 is 0. The summed E-state index contributed by atoms with van der Waals surface area (Å²) in [6.45, 7) is 2.56. The lowest BCUT2D eigenvalue weighted by Gasteiger charge is -2.26. The molecule has 1 aromatic carbocycles. The summed E-state index contributed by atoms with van der Waals surface area (Å²) >= 11 is 7.51. The van der Waals surface area contributed by atoms with Gasteiger partial charge in [0, 0.05) is 29.9 Å². The lowest BCUT2D eigenvalue weighted by atomic mass is 10.1. The molecule has 4 nitrogen and oxygen atoms in total. The normalized spacial score (nSPS) is 18.1. The van der Waals surface area contributed by atoms with Gasteiger partial charge < -0.3 is 9.80 Å². The van der Waals surface area contributed by atoms with Crippen molar-refractivity contribution in [2.45, 2.75) is 13.0 Å². The molecule has 0 unspecified atom stereocenters. The van der Waals surface area contributed by atoms with Gasteiger partial charge in [-0.15, -0.1) is 11.8 Å². The van der Waals surface area contributed by atoms with Gasteiger partial charge in [0.2, 0.25) is 5.91 Å². The van der Waals surface area contributed by atoms with Crippen LogP contribution in [0.4, 0.5) is 0 Å². The minimum Gasteiger partial charge on any atom is -0.344 e. The maximum absolute atomic E-state index is 12.5. The summed E-state index contributed by atoms with van der Waals surface area (Å²) in [6, 6.07) is 6.45. The van der Waals surface area contributed by atoms with Crippen LogP contribution in [0.25, 0.3) is 0 Å². The fourth-order valence-electron chi connectivity index (χ4n) is 2.04. The highest BCUT2D eigenvalue weighted by Gasteiger charge is 2.36. The van der Waals surface area contributed by atoms with Crippen molar-refractivity contribution in [3.63, 3.8) is 0 Å². The number of thioether (sulfide) groups is 1. The highest BCUT2D eigenvalue weighted by molar-refractivity contribution is 7.99. The molecule has 1 aliphatic heterocycles. The molecule has 0 saturated carbocycles. The Morgan fingerprint density at radius 1 is 1.50 bits per heavy atom. The average molecular weight is 313 g/mol. The van der Waals surface area contributed by atoms with Crippen LogP contribution in [0.15, 0.2) is 24.3 Å². The molecule has 1 aromatic rings. The van der Waals surface area contributed by atoms with Gasteiger partial charge in [0.1, 0.15) is 6.04 Å². The zero-order valence-electron chi connectivity index (χ0n) is 11.5.